The van der Waals surface area contributed by atoms with Crippen LogP contribution in [0.2, 0.25) is 0 Å². The van der Waals surface area contributed by atoms with E-state index in [1.165, 1.54) is 12.1 Å². The normalized spacial score (nSPS) is 11.5. The van der Waals surface area contributed by atoms with Crippen LogP contribution in [0.4, 0.5) is 15.8 Å². The minimum atomic E-state index is -0.349. The number of aromatic amines is 1. The predicted molar refractivity (Wildman–Crippen MR) is 96.0 cm³/mol. The number of para-hydroxylation sites is 2. The first-order chi connectivity index (χ1) is 11.3. The molecule has 0 aliphatic carbocycles. The molecule has 24 heavy (non-hydrogen) atoms. The van der Waals surface area contributed by atoms with E-state index in [0.717, 1.165) is 5.69 Å². The molecule has 0 bridgehead atoms. The van der Waals surface area contributed by atoms with Crippen LogP contribution in [0.1, 0.15) is 31.3 Å². The van der Waals surface area contributed by atoms with E-state index in [0.29, 0.717) is 22.3 Å². The average molecular weight is 325 g/mol. The average Bonchev–Trinajstić information content (AvgIpc) is 2.93. The Balaban J connectivity index is 1.88. The lowest BCUT2D eigenvalue weighted by Gasteiger charge is -2.24. The van der Waals surface area contributed by atoms with Gasteiger partial charge in [0.1, 0.15) is 11.5 Å². The van der Waals surface area contributed by atoms with Gasteiger partial charge in [-0.05, 0) is 51.1 Å². The Kier molecular flexibility index (Phi) is 4.01. The fourth-order valence-corrected chi connectivity index (χ4v) is 2.54. The van der Waals surface area contributed by atoms with Crippen molar-refractivity contribution >= 4 is 28.2 Å². The lowest BCUT2D eigenvalue weighted by Crippen LogP contribution is -2.27. The highest BCUT2D eigenvalue weighted by Gasteiger charge is 2.16. The van der Waals surface area contributed by atoms with Crippen LogP contribution in [0, 0.1) is 5.82 Å². The number of carbonyl (C=O) groups excluding carboxylic acids is 1. The third kappa shape index (κ3) is 3.40. The van der Waals surface area contributed by atoms with Crippen molar-refractivity contribution in [3.05, 3.63) is 60.0 Å². The van der Waals surface area contributed by atoms with Crippen LogP contribution in [0.15, 0.2) is 48.5 Å². The van der Waals surface area contributed by atoms with Crippen molar-refractivity contribution in [2.24, 2.45) is 0 Å². The van der Waals surface area contributed by atoms with E-state index in [4.69, 9.17) is 0 Å². The number of halogens is 1. The number of carbonyl (C=O) groups is 1. The van der Waals surface area contributed by atoms with Crippen molar-refractivity contribution in [1.29, 1.82) is 0 Å². The molecule has 1 heterocycles. The fraction of sp³-hybridized carbons (Fsp3) is 0.211. The van der Waals surface area contributed by atoms with Crippen molar-refractivity contribution in [3.8, 4) is 0 Å². The van der Waals surface area contributed by atoms with Crippen molar-refractivity contribution in [1.82, 2.24) is 4.98 Å². The van der Waals surface area contributed by atoms with Crippen LogP contribution in [-0.2, 0) is 0 Å². The smallest absolute Gasteiger partial charge is 0.272 e. The van der Waals surface area contributed by atoms with Crippen LogP contribution in [-0.4, -0.2) is 16.4 Å². The standard InChI is InChI=1S/C19H20FN3O/c1-19(2,3)23-16-9-5-4-8-15(16)22-18(24)17-11-12-13(20)7-6-10-14(12)21-17/h4-11,21,23H,1-3H3,(H,22,24). The maximum atomic E-state index is 13.8. The molecule has 1 amide bonds. The fourth-order valence-electron chi connectivity index (χ4n) is 2.54. The number of anilines is 2. The minimum absolute atomic E-state index is 0.134. The van der Waals surface area contributed by atoms with Gasteiger partial charge < -0.3 is 15.6 Å². The van der Waals surface area contributed by atoms with E-state index < -0.39 is 0 Å². The molecule has 3 rings (SSSR count). The number of hydrogen-bond donors (Lipinski definition) is 3. The number of nitrogens with one attached hydrogen (secondary N) is 3. The number of rotatable bonds is 3. The summed E-state index contributed by atoms with van der Waals surface area (Å²) in [6.45, 7) is 6.14. The lowest BCUT2D eigenvalue weighted by molar-refractivity contribution is 0.102. The molecule has 0 aliphatic rings. The third-order valence-electron chi connectivity index (χ3n) is 3.54. The minimum Gasteiger partial charge on any atom is -0.379 e. The Bertz CT molecular complexity index is 893. The summed E-state index contributed by atoms with van der Waals surface area (Å²) in [6, 6.07) is 13.8. The predicted octanol–water partition coefficient (Wildman–Crippen LogP) is 4.77. The number of fused-ring (bicyclic) bond motifs is 1. The van der Waals surface area contributed by atoms with Gasteiger partial charge in [-0.15, -0.1) is 0 Å². The van der Waals surface area contributed by atoms with Gasteiger partial charge in [-0.1, -0.05) is 18.2 Å². The second-order valence-electron chi connectivity index (χ2n) is 6.76. The van der Waals surface area contributed by atoms with Crippen molar-refractivity contribution < 1.29 is 9.18 Å². The molecule has 3 aromatic rings. The molecule has 0 spiro atoms. The van der Waals surface area contributed by atoms with Crippen molar-refractivity contribution in [2.75, 3.05) is 10.6 Å². The zero-order valence-corrected chi connectivity index (χ0v) is 13.9. The molecule has 0 unspecified atom stereocenters. The van der Waals surface area contributed by atoms with E-state index in [2.05, 4.69) is 15.6 Å². The number of amides is 1. The molecule has 0 atom stereocenters. The number of benzene rings is 2. The van der Waals surface area contributed by atoms with Gasteiger partial charge in [0.15, 0.2) is 0 Å². The molecule has 3 N–H and O–H groups in total. The zero-order valence-electron chi connectivity index (χ0n) is 13.9. The molecule has 0 fully saturated rings. The SMILES string of the molecule is CC(C)(C)Nc1ccccc1NC(=O)c1cc2c(F)cccc2[nH]1. The van der Waals surface area contributed by atoms with E-state index in [-0.39, 0.29) is 17.3 Å². The Morgan fingerprint density at radius 3 is 2.42 bits per heavy atom. The highest BCUT2D eigenvalue weighted by molar-refractivity contribution is 6.07. The van der Waals surface area contributed by atoms with Gasteiger partial charge in [0.25, 0.3) is 5.91 Å². The maximum Gasteiger partial charge on any atom is 0.272 e. The van der Waals surface area contributed by atoms with Crippen molar-refractivity contribution in [2.45, 2.75) is 26.3 Å². The first-order valence-electron chi connectivity index (χ1n) is 7.79. The second kappa shape index (κ2) is 6.00. The molecule has 0 aliphatic heterocycles. The molecule has 2 aromatic carbocycles. The molecular formula is C19H20FN3O. The summed E-state index contributed by atoms with van der Waals surface area (Å²) < 4.78 is 13.8. The molecule has 0 saturated carbocycles. The molecule has 5 heteroatoms. The van der Waals surface area contributed by atoms with Crippen molar-refractivity contribution in [3.63, 3.8) is 0 Å². The quantitative estimate of drug-likeness (QED) is 0.649. The monoisotopic (exact) mass is 325 g/mol. The highest BCUT2D eigenvalue weighted by atomic mass is 19.1. The number of hydrogen-bond acceptors (Lipinski definition) is 2. The van der Waals surface area contributed by atoms with Crippen LogP contribution < -0.4 is 10.6 Å². The Morgan fingerprint density at radius 2 is 1.75 bits per heavy atom. The summed E-state index contributed by atoms with van der Waals surface area (Å²) in [6.07, 6.45) is 0. The number of H-pyrrole nitrogens is 1. The summed E-state index contributed by atoms with van der Waals surface area (Å²) in [5.74, 6) is -0.661. The first-order valence-corrected chi connectivity index (χ1v) is 7.79. The topological polar surface area (TPSA) is 56.9 Å². The Hall–Kier alpha value is -2.82. The Morgan fingerprint density at radius 1 is 1.04 bits per heavy atom. The molecular weight excluding hydrogens is 305 g/mol. The van der Waals surface area contributed by atoms with E-state index in [9.17, 15) is 9.18 Å². The van der Waals surface area contributed by atoms with Crippen LogP contribution in [0.5, 0.6) is 0 Å². The summed E-state index contributed by atoms with van der Waals surface area (Å²) in [5, 5.41) is 6.64. The van der Waals surface area contributed by atoms with Gasteiger partial charge in [-0.25, -0.2) is 4.39 Å². The van der Waals surface area contributed by atoms with Crippen LogP contribution in [0.3, 0.4) is 0 Å². The molecule has 124 valence electrons. The summed E-state index contributed by atoms with van der Waals surface area (Å²) in [5.41, 5.74) is 2.30. The first kappa shape index (κ1) is 16.1. The molecule has 4 nitrogen and oxygen atoms in total. The zero-order chi connectivity index (χ0) is 17.3. The van der Waals surface area contributed by atoms with Gasteiger partial charge in [0.2, 0.25) is 0 Å². The van der Waals surface area contributed by atoms with E-state index >= 15 is 0 Å². The maximum absolute atomic E-state index is 13.8. The largest absolute Gasteiger partial charge is 0.379 e. The third-order valence-corrected chi connectivity index (χ3v) is 3.54. The van der Waals surface area contributed by atoms with Gasteiger partial charge in [-0.2, -0.15) is 0 Å². The molecule has 0 radical (unpaired) electrons. The lowest BCUT2D eigenvalue weighted by atomic mass is 10.1. The summed E-state index contributed by atoms with van der Waals surface area (Å²) >= 11 is 0. The molecule has 1 aromatic heterocycles. The van der Waals surface area contributed by atoms with Gasteiger partial charge in [0.05, 0.1) is 11.4 Å². The van der Waals surface area contributed by atoms with E-state index in [1.807, 2.05) is 45.0 Å². The highest BCUT2D eigenvalue weighted by Crippen LogP contribution is 2.26. The van der Waals surface area contributed by atoms with Gasteiger partial charge >= 0.3 is 0 Å². The number of aromatic nitrogens is 1. The second-order valence-corrected chi connectivity index (χ2v) is 6.76. The van der Waals surface area contributed by atoms with Gasteiger partial charge in [-0.3, -0.25) is 4.79 Å². The summed E-state index contributed by atoms with van der Waals surface area (Å²) in [4.78, 5) is 15.5. The van der Waals surface area contributed by atoms with E-state index in [1.54, 1.807) is 12.1 Å². The van der Waals surface area contributed by atoms with Crippen LogP contribution in [0.25, 0.3) is 10.9 Å². The molecule has 0 saturated heterocycles. The Labute approximate surface area is 140 Å². The van der Waals surface area contributed by atoms with Crippen LogP contribution >= 0.6 is 0 Å². The van der Waals surface area contributed by atoms with Gasteiger partial charge in [0, 0.05) is 16.4 Å². The summed E-state index contributed by atoms with van der Waals surface area (Å²) in [7, 11) is 0.